The number of fused-ring (bicyclic) bond motifs is 1. The molecule has 34 heavy (non-hydrogen) atoms. The number of phenols is 1. The highest BCUT2D eigenvalue weighted by molar-refractivity contribution is 7.93. The van der Waals surface area contributed by atoms with Crippen molar-refractivity contribution in [1.82, 2.24) is 0 Å². The van der Waals surface area contributed by atoms with Crippen LogP contribution in [0.3, 0.4) is 0 Å². The molecule has 0 bridgehead atoms. The lowest BCUT2D eigenvalue weighted by atomic mass is 10.0. The van der Waals surface area contributed by atoms with Crippen LogP contribution in [0, 0.1) is 17.0 Å². The molecular formula is C25H23N3O5S. The number of hydrogen-bond donors (Lipinski definition) is 2. The maximum atomic E-state index is 13.3. The largest absolute Gasteiger partial charge is 0.508 e. The molecule has 0 heterocycles. The van der Waals surface area contributed by atoms with Gasteiger partial charge in [0.05, 0.1) is 27.1 Å². The lowest BCUT2D eigenvalue weighted by Gasteiger charge is -2.18. The third-order valence-corrected chi connectivity index (χ3v) is 7.01. The van der Waals surface area contributed by atoms with Crippen molar-refractivity contribution in [1.29, 1.82) is 0 Å². The summed E-state index contributed by atoms with van der Waals surface area (Å²) in [6, 6.07) is 19.5. The Morgan fingerprint density at radius 2 is 1.65 bits per heavy atom. The lowest BCUT2D eigenvalue weighted by Crippen LogP contribution is -2.15. The van der Waals surface area contributed by atoms with Crippen LogP contribution in [-0.2, 0) is 10.0 Å². The Bertz CT molecular complexity index is 1530. The minimum Gasteiger partial charge on any atom is -0.508 e. The van der Waals surface area contributed by atoms with Crippen LogP contribution < -0.4 is 9.62 Å². The number of aryl methyl sites for hydroxylation is 1. The summed E-state index contributed by atoms with van der Waals surface area (Å²) < 4.78 is 29.3. The molecule has 0 saturated heterocycles. The normalized spacial score (nSPS) is 11.4. The van der Waals surface area contributed by atoms with Gasteiger partial charge in [-0.25, -0.2) is 8.42 Å². The summed E-state index contributed by atoms with van der Waals surface area (Å²) >= 11 is 0. The van der Waals surface area contributed by atoms with Crippen molar-refractivity contribution in [3.63, 3.8) is 0 Å². The molecule has 0 amide bonds. The quantitative estimate of drug-likeness (QED) is 0.288. The molecule has 4 rings (SSSR count). The first kappa shape index (κ1) is 23.1. The number of nitro groups is 1. The molecule has 0 spiro atoms. The monoisotopic (exact) mass is 477 g/mol. The second-order valence-corrected chi connectivity index (χ2v) is 9.77. The Labute approximate surface area is 197 Å². The third-order valence-electron chi connectivity index (χ3n) is 5.59. The van der Waals surface area contributed by atoms with Gasteiger partial charge in [-0.2, -0.15) is 0 Å². The van der Waals surface area contributed by atoms with Gasteiger partial charge in [0.2, 0.25) is 0 Å². The smallest absolute Gasteiger partial charge is 0.280 e. The molecule has 0 fully saturated rings. The number of nitro benzene ring substituents is 1. The van der Waals surface area contributed by atoms with Crippen LogP contribution >= 0.6 is 0 Å². The van der Waals surface area contributed by atoms with Crippen LogP contribution in [0.5, 0.6) is 5.75 Å². The van der Waals surface area contributed by atoms with E-state index in [1.807, 2.05) is 37.2 Å². The second kappa shape index (κ2) is 8.68. The van der Waals surface area contributed by atoms with E-state index >= 15 is 0 Å². The van der Waals surface area contributed by atoms with Crippen molar-refractivity contribution >= 4 is 37.9 Å². The van der Waals surface area contributed by atoms with Gasteiger partial charge in [0.15, 0.2) is 0 Å². The second-order valence-electron chi connectivity index (χ2n) is 8.12. The van der Waals surface area contributed by atoms with Gasteiger partial charge >= 0.3 is 0 Å². The number of hydrogen-bond acceptors (Lipinski definition) is 6. The van der Waals surface area contributed by atoms with Gasteiger partial charge in [-0.1, -0.05) is 30.3 Å². The zero-order chi connectivity index (χ0) is 24.6. The number of aromatic hydroxyl groups is 1. The van der Waals surface area contributed by atoms with E-state index in [0.717, 1.165) is 17.1 Å². The average molecular weight is 478 g/mol. The van der Waals surface area contributed by atoms with Gasteiger partial charge in [0.1, 0.15) is 5.75 Å². The summed E-state index contributed by atoms with van der Waals surface area (Å²) in [7, 11) is -0.119. The highest BCUT2D eigenvalue weighted by Crippen LogP contribution is 2.35. The standard InChI is InChI=1S/C25H23N3O5S/c1-16-14-17(19-12-11-18(29)15-24(19)28(30)31)10-13-22(16)26-34(32,33)25-9-5-6-20-21(25)7-4-8-23(20)27(2)3/h4-15,26,29H,1-3H3. The van der Waals surface area contributed by atoms with Crippen molar-refractivity contribution in [3.05, 3.63) is 88.5 Å². The lowest BCUT2D eigenvalue weighted by molar-refractivity contribution is -0.384. The molecule has 0 aliphatic carbocycles. The van der Waals surface area contributed by atoms with Gasteiger partial charge in [-0.3, -0.25) is 14.8 Å². The Morgan fingerprint density at radius 1 is 0.941 bits per heavy atom. The molecule has 0 aliphatic rings. The maximum Gasteiger partial charge on any atom is 0.280 e. The summed E-state index contributed by atoms with van der Waals surface area (Å²) in [5, 5.41) is 22.5. The van der Waals surface area contributed by atoms with Gasteiger partial charge in [-0.05, 0) is 54.4 Å². The zero-order valence-corrected chi connectivity index (χ0v) is 19.6. The fourth-order valence-electron chi connectivity index (χ4n) is 3.95. The molecule has 0 aromatic heterocycles. The summed E-state index contributed by atoms with van der Waals surface area (Å²) in [6.45, 7) is 1.72. The van der Waals surface area contributed by atoms with Crippen LogP contribution in [-0.4, -0.2) is 32.5 Å². The van der Waals surface area contributed by atoms with Crippen LogP contribution in [0.2, 0.25) is 0 Å². The summed E-state index contributed by atoms with van der Waals surface area (Å²) in [6.07, 6.45) is 0. The van der Waals surface area contributed by atoms with Crippen LogP contribution in [0.15, 0.2) is 77.7 Å². The number of rotatable bonds is 6. The van der Waals surface area contributed by atoms with E-state index in [0.29, 0.717) is 27.8 Å². The van der Waals surface area contributed by atoms with Gasteiger partial charge in [0.25, 0.3) is 15.7 Å². The number of nitrogens with zero attached hydrogens (tertiary/aromatic N) is 2. The highest BCUT2D eigenvalue weighted by atomic mass is 32.2. The predicted octanol–water partition coefficient (Wildman–Crippen LogP) is 5.30. The SMILES string of the molecule is Cc1cc(-c2ccc(O)cc2[N+](=O)[O-])ccc1NS(=O)(=O)c1cccc2c(N(C)C)cccc12. The summed E-state index contributed by atoms with van der Waals surface area (Å²) in [5.74, 6) is -0.205. The number of benzene rings is 4. The van der Waals surface area contributed by atoms with Crippen LogP contribution in [0.25, 0.3) is 21.9 Å². The van der Waals surface area contributed by atoms with E-state index in [1.165, 1.54) is 12.1 Å². The molecular weight excluding hydrogens is 454 g/mol. The predicted molar refractivity (Wildman–Crippen MR) is 134 cm³/mol. The number of nitrogens with one attached hydrogen (secondary N) is 1. The molecule has 4 aromatic carbocycles. The van der Waals surface area contributed by atoms with E-state index in [-0.39, 0.29) is 16.3 Å². The van der Waals surface area contributed by atoms with Crippen molar-refractivity contribution in [2.45, 2.75) is 11.8 Å². The number of anilines is 2. The van der Waals surface area contributed by atoms with Gasteiger partial charge in [0, 0.05) is 30.6 Å². The Hall–Kier alpha value is -4.11. The fraction of sp³-hybridized carbons (Fsp3) is 0.120. The topological polar surface area (TPSA) is 113 Å². The minimum atomic E-state index is -3.92. The van der Waals surface area contributed by atoms with E-state index in [1.54, 1.807) is 43.3 Å². The number of phenolic OH excluding ortho intramolecular Hbond substituents is 1. The van der Waals surface area contributed by atoms with Crippen molar-refractivity contribution in [3.8, 4) is 16.9 Å². The van der Waals surface area contributed by atoms with Crippen molar-refractivity contribution in [2.24, 2.45) is 0 Å². The molecule has 0 radical (unpaired) electrons. The first-order valence-electron chi connectivity index (χ1n) is 10.4. The molecule has 9 heteroatoms. The van der Waals surface area contributed by atoms with E-state index in [2.05, 4.69) is 4.72 Å². The molecule has 0 saturated carbocycles. The van der Waals surface area contributed by atoms with Gasteiger partial charge in [-0.15, -0.1) is 0 Å². The first-order valence-corrected chi connectivity index (χ1v) is 11.9. The first-order chi connectivity index (χ1) is 16.1. The minimum absolute atomic E-state index is 0.159. The average Bonchev–Trinajstić information content (AvgIpc) is 2.79. The highest BCUT2D eigenvalue weighted by Gasteiger charge is 2.21. The fourth-order valence-corrected chi connectivity index (χ4v) is 5.30. The van der Waals surface area contributed by atoms with Crippen molar-refractivity contribution in [2.75, 3.05) is 23.7 Å². The third kappa shape index (κ3) is 4.25. The van der Waals surface area contributed by atoms with E-state index < -0.39 is 14.9 Å². The molecule has 0 aliphatic heterocycles. The summed E-state index contributed by atoms with van der Waals surface area (Å²) in [5.41, 5.74) is 2.49. The molecule has 4 aromatic rings. The Balaban J connectivity index is 1.73. The van der Waals surface area contributed by atoms with Gasteiger partial charge < -0.3 is 10.0 Å². The Morgan fingerprint density at radius 3 is 2.32 bits per heavy atom. The van der Waals surface area contributed by atoms with Crippen LogP contribution in [0.1, 0.15) is 5.56 Å². The van der Waals surface area contributed by atoms with E-state index in [9.17, 15) is 23.6 Å². The number of sulfonamides is 1. The molecule has 0 atom stereocenters. The summed E-state index contributed by atoms with van der Waals surface area (Å²) in [4.78, 5) is 12.9. The van der Waals surface area contributed by atoms with Crippen LogP contribution in [0.4, 0.5) is 17.1 Å². The van der Waals surface area contributed by atoms with E-state index in [4.69, 9.17) is 0 Å². The molecule has 2 N–H and O–H groups in total. The maximum absolute atomic E-state index is 13.3. The molecule has 0 unspecified atom stereocenters. The zero-order valence-electron chi connectivity index (χ0n) is 18.8. The molecule has 174 valence electrons. The molecule has 8 nitrogen and oxygen atoms in total. The Kier molecular flexibility index (Phi) is 5.89. The van der Waals surface area contributed by atoms with Crippen molar-refractivity contribution < 1.29 is 18.4 Å².